The predicted octanol–water partition coefficient (Wildman–Crippen LogP) is -2.45. The molecule has 0 aromatic carbocycles. The van der Waals surface area contributed by atoms with Gasteiger partial charge < -0.3 is 30.6 Å². The third kappa shape index (κ3) is 14.7. The van der Waals surface area contributed by atoms with Crippen LogP contribution in [0.25, 0.3) is 0 Å². The van der Waals surface area contributed by atoms with E-state index >= 15 is 0 Å². The van der Waals surface area contributed by atoms with Crippen molar-refractivity contribution in [2.45, 2.75) is 18.4 Å². The van der Waals surface area contributed by atoms with E-state index in [4.69, 9.17) is 30.6 Å². The van der Waals surface area contributed by atoms with Crippen LogP contribution in [0.1, 0.15) is 12.8 Å². The second kappa shape index (κ2) is 11.9. The van der Waals surface area contributed by atoms with Crippen molar-refractivity contribution in [3.05, 3.63) is 12.2 Å². The van der Waals surface area contributed by atoms with Crippen LogP contribution < -0.4 is 0 Å². The summed E-state index contributed by atoms with van der Waals surface area (Å²) in [4.78, 5) is 49.6. The van der Waals surface area contributed by atoms with Crippen LogP contribution in [-0.2, 0) is 24.0 Å². The molecule has 0 aromatic rings. The first kappa shape index (κ1) is 25.3. The molecular formula is C10H14CaO11. The molecule has 6 N–H and O–H groups in total. The summed E-state index contributed by atoms with van der Waals surface area (Å²) in [7, 11) is 0. The number of carbonyl (C=O) groups is 5. The average Bonchev–Trinajstić information content (AvgIpc) is 2.24. The third-order valence-corrected chi connectivity index (χ3v) is 1.65. The van der Waals surface area contributed by atoms with Gasteiger partial charge in [0.15, 0.2) is 5.60 Å². The first-order valence-electron chi connectivity index (χ1n) is 4.94. The molecule has 0 atom stereocenters. The number of hydrogen-bond donors (Lipinski definition) is 6. The molecule has 22 heavy (non-hydrogen) atoms. The van der Waals surface area contributed by atoms with Gasteiger partial charge in [0.2, 0.25) is 0 Å². The molecule has 12 heteroatoms. The van der Waals surface area contributed by atoms with E-state index in [-0.39, 0.29) is 37.7 Å². The zero-order valence-electron chi connectivity index (χ0n) is 10.3. The monoisotopic (exact) mass is 350 g/mol. The second-order valence-electron chi connectivity index (χ2n) is 3.49. The fraction of sp³-hybridized carbons (Fsp3) is 0.300. The predicted molar refractivity (Wildman–Crippen MR) is 70.0 cm³/mol. The Morgan fingerprint density at radius 2 is 1.00 bits per heavy atom. The van der Waals surface area contributed by atoms with Gasteiger partial charge in [-0.05, 0) is 0 Å². The Kier molecular flexibility index (Phi) is 13.7. The Morgan fingerprint density at radius 1 is 0.727 bits per heavy atom. The van der Waals surface area contributed by atoms with E-state index in [1.165, 1.54) is 0 Å². The number of aliphatic carboxylic acids is 5. The van der Waals surface area contributed by atoms with Crippen LogP contribution in [0.5, 0.6) is 0 Å². The molecule has 0 bridgehead atoms. The zero-order chi connectivity index (χ0) is 17.2. The van der Waals surface area contributed by atoms with Crippen LogP contribution in [0.4, 0.5) is 0 Å². The molecule has 0 saturated carbocycles. The summed E-state index contributed by atoms with van der Waals surface area (Å²) < 4.78 is 0. The van der Waals surface area contributed by atoms with E-state index in [1.807, 2.05) is 0 Å². The van der Waals surface area contributed by atoms with Crippen LogP contribution in [0, 0.1) is 0 Å². The SMILES string of the molecule is O=C(O)C=CC(=O)O.O=C(O)CC(O)(CC(=O)O)C(=O)O.[CaH2]. The molecule has 122 valence electrons. The van der Waals surface area contributed by atoms with E-state index in [0.29, 0.717) is 12.2 Å². The molecule has 0 rings (SSSR count). The number of hydrogen-bond acceptors (Lipinski definition) is 6. The Labute approximate surface area is 152 Å². The van der Waals surface area contributed by atoms with E-state index in [0.717, 1.165) is 0 Å². The van der Waals surface area contributed by atoms with Gasteiger partial charge >= 0.3 is 67.6 Å². The summed E-state index contributed by atoms with van der Waals surface area (Å²) in [6.45, 7) is 0. The molecule has 0 heterocycles. The van der Waals surface area contributed by atoms with Gasteiger partial charge in [0.25, 0.3) is 0 Å². The van der Waals surface area contributed by atoms with E-state index < -0.39 is 48.3 Å². The molecular weight excluding hydrogens is 336 g/mol. The van der Waals surface area contributed by atoms with Gasteiger partial charge in [-0.1, -0.05) is 0 Å². The van der Waals surface area contributed by atoms with Crippen molar-refractivity contribution in [3.8, 4) is 0 Å². The summed E-state index contributed by atoms with van der Waals surface area (Å²) in [5.74, 6) is -7.53. The van der Waals surface area contributed by atoms with Crippen molar-refractivity contribution < 1.29 is 54.6 Å². The molecule has 0 amide bonds. The first-order valence-corrected chi connectivity index (χ1v) is 4.94. The van der Waals surface area contributed by atoms with Gasteiger partial charge in [0, 0.05) is 12.2 Å². The van der Waals surface area contributed by atoms with Crippen molar-refractivity contribution in [2.75, 3.05) is 0 Å². The Hall–Kier alpha value is -1.69. The number of carboxylic acids is 5. The zero-order valence-corrected chi connectivity index (χ0v) is 10.3. The first-order chi connectivity index (χ1) is 9.40. The molecule has 0 aliphatic heterocycles. The molecule has 0 unspecified atom stereocenters. The van der Waals surface area contributed by atoms with E-state index in [9.17, 15) is 24.0 Å². The van der Waals surface area contributed by atoms with Crippen molar-refractivity contribution >= 4 is 67.6 Å². The minimum absolute atomic E-state index is 0. The maximum absolute atomic E-state index is 10.3. The maximum atomic E-state index is 10.3. The van der Waals surface area contributed by atoms with Gasteiger partial charge in [0.05, 0.1) is 12.8 Å². The van der Waals surface area contributed by atoms with Gasteiger partial charge in [-0.15, -0.1) is 0 Å². The van der Waals surface area contributed by atoms with Crippen molar-refractivity contribution in [1.29, 1.82) is 0 Å². The Morgan fingerprint density at radius 3 is 1.14 bits per heavy atom. The van der Waals surface area contributed by atoms with Gasteiger partial charge in [-0.25, -0.2) is 14.4 Å². The van der Waals surface area contributed by atoms with Crippen LogP contribution in [0.3, 0.4) is 0 Å². The van der Waals surface area contributed by atoms with Crippen LogP contribution in [0.2, 0.25) is 0 Å². The summed E-state index contributed by atoms with van der Waals surface area (Å²) in [5, 5.41) is 49.4. The molecule has 0 spiro atoms. The second-order valence-corrected chi connectivity index (χ2v) is 3.49. The fourth-order valence-electron chi connectivity index (χ4n) is 0.857. The molecule has 0 aliphatic carbocycles. The van der Waals surface area contributed by atoms with Crippen molar-refractivity contribution in [2.24, 2.45) is 0 Å². The minimum atomic E-state index is -2.74. The van der Waals surface area contributed by atoms with Gasteiger partial charge in [-0.3, -0.25) is 9.59 Å². The normalized spacial score (nSPS) is 9.86. The van der Waals surface area contributed by atoms with Crippen molar-refractivity contribution in [1.82, 2.24) is 0 Å². The Bertz CT molecular complexity index is 435. The third-order valence-electron chi connectivity index (χ3n) is 1.65. The number of carboxylic acid groups (broad SMARTS) is 5. The van der Waals surface area contributed by atoms with Gasteiger partial charge in [0.1, 0.15) is 0 Å². The fourth-order valence-corrected chi connectivity index (χ4v) is 0.857. The van der Waals surface area contributed by atoms with Crippen molar-refractivity contribution in [3.63, 3.8) is 0 Å². The quantitative estimate of drug-likeness (QED) is 0.210. The Balaban J connectivity index is -0.000000348. The summed E-state index contributed by atoms with van der Waals surface area (Å²) in [6.07, 6.45) is -1.17. The molecule has 0 aliphatic rings. The standard InChI is InChI=1S/C6H8O7.C4H4O4.Ca.2H/c7-3(8)1-6(13,5(11)12)2-4(9)10;5-3(6)1-2-4(7)8;;;/h13H,1-2H2,(H,7,8)(H,9,10)(H,11,12);1-2H,(H,5,6)(H,7,8);;;. The molecule has 0 fully saturated rings. The van der Waals surface area contributed by atoms with Crippen LogP contribution >= 0.6 is 0 Å². The number of aliphatic hydroxyl groups is 1. The van der Waals surface area contributed by atoms with E-state index in [1.54, 1.807) is 0 Å². The molecule has 0 saturated heterocycles. The van der Waals surface area contributed by atoms with Gasteiger partial charge in [-0.2, -0.15) is 0 Å². The summed E-state index contributed by atoms with van der Waals surface area (Å²) in [5.41, 5.74) is -2.74. The summed E-state index contributed by atoms with van der Waals surface area (Å²) in [6, 6.07) is 0. The molecule has 11 nitrogen and oxygen atoms in total. The molecule has 0 radical (unpaired) electrons. The molecule has 0 aromatic heterocycles. The topological polar surface area (TPSA) is 207 Å². The summed E-state index contributed by atoms with van der Waals surface area (Å²) >= 11 is 0. The average molecular weight is 350 g/mol. The number of rotatable bonds is 7. The van der Waals surface area contributed by atoms with Crippen LogP contribution in [-0.4, -0.2) is 104 Å². The van der Waals surface area contributed by atoms with Crippen LogP contribution in [0.15, 0.2) is 12.2 Å². The van der Waals surface area contributed by atoms with E-state index in [2.05, 4.69) is 0 Å².